The molecule has 0 atom stereocenters. The third-order valence-electron chi connectivity index (χ3n) is 4.93. The van der Waals surface area contributed by atoms with Crippen LogP contribution in [0.25, 0.3) is 0 Å². The molecule has 27 heavy (non-hydrogen) atoms. The third kappa shape index (κ3) is 4.34. The molecule has 148 valence electrons. The van der Waals surface area contributed by atoms with Gasteiger partial charge in [-0.15, -0.1) is 0 Å². The average molecular weight is 441 g/mol. The molecule has 2 saturated heterocycles. The van der Waals surface area contributed by atoms with Crippen molar-refractivity contribution in [3.05, 3.63) is 10.7 Å². The molecule has 0 bridgehead atoms. The highest BCUT2D eigenvalue weighted by atomic mass is 79.9. The molecule has 0 radical (unpaired) electrons. The molecule has 2 fully saturated rings. The zero-order valence-corrected chi connectivity index (χ0v) is 17.7. The van der Waals surface area contributed by atoms with Crippen molar-refractivity contribution in [1.82, 2.24) is 14.9 Å². The van der Waals surface area contributed by atoms with Crippen molar-refractivity contribution in [1.29, 1.82) is 0 Å². The summed E-state index contributed by atoms with van der Waals surface area (Å²) in [5, 5.41) is 0. The molecule has 0 aromatic carbocycles. The van der Waals surface area contributed by atoms with Crippen molar-refractivity contribution >= 4 is 33.9 Å². The number of likely N-dealkylation sites (tertiary alicyclic amines) is 1. The van der Waals surface area contributed by atoms with E-state index >= 15 is 0 Å². The van der Waals surface area contributed by atoms with E-state index < -0.39 is 5.60 Å². The molecule has 2 aliphatic rings. The van der Waals surface area contributed by atoms with Gasteiger partial charge in [0, 0.05) is 31.5 Å². The highest BCUT2D eigenvalue weighted by Gasteiger charge is 2.47. The molecule has 9 heteroatoms. The summed E-state index contributed by atoms with van der Waals surface area (Å²) < 4.78 is 11.3. The van der Waals surface area contributed by atoms with E-state index in [4.69, 9.17) is 9.47 Å². The first-order valence-electron chi connectivity index (χ1n) is 8.97. The number of halogens is 1. The van der Waals surface area contributed by atoms with Crippen molar-refractivity contribution in [2.24, 2.45) is 5.41 Å². The Morgan fingerprint density at radius 2 is 1.96 bits per heavy atom. The Labute approximate surface area is 167 Å². The molecule has 0 saturated carbocycles. The van der Waals surface area contributed by atoms with Gasteiger partial charge in [-0.1, -0.05) is 0 Å². The Bertz CT molecular complexity index is 741. The Morgan fingerprint density at radius 3 is 2.56 bits per heavy atom. The fourth-order valence-electron chi connectivity index (χ4n) is 3.52. The van der Waals surface area contributed by atoms with Gasteiger partial charge in [0.05, 0.1) is 17.8 Å². The van der Waals surface area contributed by atoms with Gasteiger partial charge < -0.3 is 14.4 Å². The van der Waals surface area contributed by atoms with E-state index in [1.54, 1.807) is 16.0 Å². The van der Waals surface area contributed by atoms with E-state index in [9.17, 15) is 9.59 Å². The van der Waals surface area contributed by atoms with Gasteiger partial charge in [-0.3, -0.25) is 9.69 Å². The molecule has 0 unspecified atom stereocenters. The van der Waals surface area contributed by atoms with Gasteiger partial charge in [0.25, 0.3) is 0 Å². The van der Waals surface area contributed by atoms with Crippen LogP contribution < -0.4 is 9.64 Å². The summed E-state index contributed by atoms with van der Waals surface area (Å²) in [6.45, 7) is 7.29. The van der Waals surface area contributed by atoms with Crippen LogP contribution in [0.5, 0.6) is 5.88 Å². The fraction of sp³-hybridized carbons (Fsp3) is 0.667. The van der Waals surface area contributed by atoms with Crippen molar-refractivity contribution < 1.29 is 19.1 Å². The molecule has 3 heterocycles. The van der Waals surface area contributed by atoms with Crippen LogP contribution in [0.1, 0.15) is 40.0 Å². The summed E-state index contributed by atoms with van der Waals surface area (Å²) in [5.41, 5.74) is -0.663. The number of ether oxygens (including phenoxy) is 2. The number of piperidine rings is 1. The van der Waals surface area contributed by atoms with E-state index in [-0.39, 0.29) is 17.4 Å². The summed E-state index contributed by atoms with van der Waals surface area (Å²) in [6, 6.07) is 0. The van der Waals surface area contributed by atoms with E-state index in [0.29, 0.717) is 42.4 Å². The zero-order chi connectivity index (χ0) is 19.8. The quantitative estimate of drug-likeness (QED) is 0.702. The van der Waals surface area contributed by atoms with Gasteiger partial charge in [0.1, 0.15) is 5.60 Å². The van der Waals surface area contributed by atoms with Gasteiger partial charge in [-0.2, -0.15) is 4.98 Å². The number of aromatic nitrogens is 2. The van der Waals surface area contributed by atoms with Crippen molar-refractivity contribution in [3.8, 4) is 5.88 Å². The Hall–Kier alpha value is -1.90. The number of hydrogen-bond acceptors (Lipinski definition) is 6. The zero-order valence-electron chi connectivity index (χ0n) is 16.1. The van der Waals surface area contributed by atoms with E-state index in [2.05, 4.69) is 25.9 Å². The summed E-state index contributed by atoms with van der Waals surface area (Å²) in [6.07, 6.45) is 3.24. The summed E-state index contributed by atoms with van der Waals surface area (Å²) in [4.78, 5) is 36.8. The number of rotatable bonds is 2. The second-order valence-corrected chi connectivity index (χ2v) is 9.01. The summed E-state index contributed by atoms with van der Waals surface area (Å²) in [5.74, 6) is 0.755. The lowest BCUT2D eigenvalue weighted by Crippen LogP contribution is -2.46. The largest absolute Gasteiger partial charge is 0.480 e. The normalized spacial score (nSPS) is 19.5. The summed E-state index contributed by atoms with van der Waals surface area (Å²) >= 11 is 3.32. The minimum absolute atomic E-state index is 0.00472. The Balaban J connectivity index is 1.67. The molecule has 2 amide bonds. The maximum atomic E-state index is 12.6. The molecule has 2 aliphatic heterocycles. The number of hydrogen-bond donors (Lipinski definition) is 0. The number of anilines is 1. The monoisotopic (exact) mass is 440 g/mol. The van der Waals surface area contributed by atoms with Crippen LogP contribution in [0.15, 0.2) is 10.7 Å². The van der Waals surface area contributed by atoms with E-state index in [1.807, 2.05) is 20.8 Å². The predicted octanol–water partition coefficient (Wildman–Crippen LogP) is 3.00. The minimum Gasteiger partial charge on any atom is -0.480 e. The lowest BCUT2D eigenvalue weighted by atomic mass is 9.78. The molecule has 0 aliphatic carbocycles. The highest BCUT2D eigenvalue weighted by Crippen LogP contribution is 2.42. The average Bonchev–Trinajstić information content (AvgIpc) is 2.90. The van der Waals surface area contributed by atoms with Crippen LogP contribution >= 0.6 is 15.9 Å². The molecule has 3 rings (SSSR count). The van der Waals surface area contributed by atoms with Crippen LogP contribution in [-0.4, -0.2) is 59.2 Å². The smallest absolute Gasteiger partial charge is 0.410 e. The van der Waals surface area contributed by atoms with Crippen LogP contribution in [0.3, 0.4) is 0 Å². The van der Waals surface area contributed by atoms with Gasteiger partial charge in [-0.05, 0) is 49.5 Å². The lowest BCUT2D eigenvalue weighted by Gasteiger charge is -2.39. The molecule has 0 N–H and O–H groups in total. The van der Waals surface area contributed by atoms with Crippen LogP contribution in [0.2, 0.25) is 0 Å². The van der Waals surface area contributed by atoms with Crippen molar-refractivity contribution in [3.63, 3.8) is 0 Å². The van der Waals surface area contributed by atoms with Crippen molar-refractivity contribution in [2.45, 2.75) is 45.6 Å². The van der Waals surface area contributed by atoms with Gasteiger partial charge in [0.2, 0.25) is 17.7 Å². The van der Waals surface area contributed by atoms with Gasteiger partial charge in [0.15, 0.2) is 0 Å². The van der Waals surface area contributed by atoms with Gasteiger partial charge in [-0.25, -0.2) is 9.78 Å². The van der Waals surface area contributed by atoms with E-state index in [1.165, 1.54) is 7.11 Å². The molecular formula is C18H25BrN4O4. The van der Waals surface area contributed by atoms with Gasteiger partial charge >= 0.3 is 6.09 Å². The predicted molar refractivity (Wildman–Crippen MR) is 103 cm³/mol. The number of carbonyl (C=O) groups excluding carboxylic acids is 2. The van der Waals surface area contributed by atoms with Crippen LogP contribution in [0, 0.1) is 5.41 Å². The Kier molecular flexibility index (Phi) is 5.33. The maximum Gasteiger partial charge on any atom is 0.410 e. The fourth-order valence-corrected chi connectivity index (χ4v) is 3.87. The third-order valence-corrected chi connectivity index (χ3v) is 5.47. The number of methoxy groups -OCH3 is 1. The van der Waals surface area contributed by atoms with Crippen LogP contribution in [-0.2, 0) is 9.53 Å². The SMILES string of the molecule is COc1nc(N2CC3(CCN(C(=O)OC(C)(C)C)CC3)CC2=O)ncc1Br. The lowest BCUT2D eigenvalue weighted by molar-refractivity contribution is -0.118. The van der Waals surface area contributed by atoms with Crippen molar-refractivity contribution in [2.75, 3.05) is 31.6 Å². The second-order valence-electron chi connectivity index (χ2n) is 8.15. The maximum absolute atomic E-state index is 12.6. The number of nitrogens with zero attached hydrogens (tertiary/aromatic N) is 4. The minimum atomic E-state index is -0.510. The number of carbonyl (C=O) groups is 2. The topological polar surface area (TPSA) is 84.9 Å². The summed E-state index contributed by atoms with van der Waals surface area (Å²) in [7, 11) is 1.52. The molecule has 1 spiro atoms. The molecule has 1 aromatic rings. The highest BCUT2D eigenvalue weighted by molar-refractivity contribution is 9.10. The second kappa shape index (κ2) is 7.26. The van der Waals surface area contributed by atoms with Crippen LogP contribution in [0.4, 0.5) is 10.7 Å². The standard InChI is InChI=1S/C18H25BrN4O4/c1-17(2,3)27-16(25)22-7-5-18(6-8-22)9-13(24)23(11-18)15-20-10-12(19)14(21-15)26-4/h10H,5-9,11H2,1-4H3. The first-order valence-corrected chi connectivity index (χ1v) is 9.77. The molecule has 1 aromatic heterocycles. The first-order chi connectivity index (χ1) is 12.6. The number of amides is 2. The molecule has 8 nitrogen and oxygen atoms in total. The molecular weight excluding hydrogens is 416 g/mol. The Morgan fingerprint density at radius 1 is 1.30 bits per heavy atom. The first kappa shape index (κ1) is 19.9. The van der Waals surface area contributed by atoms with E-state index in [0.717, 1.165) is 12.8 Å².